The monoisotopic (exact) mass is 216 g/mol. The standard InChI is InChI=1S/C13H16N2O/c1-11(16)14-13-8-6-12(7-9-13)5-4-10-15(2)3/h6-9H,10H2,1-3H3,(H,14,16). The van der Waals surface area contributed by atoms with Crippen molar-refractivity contribution in [2.75, 3.05) is 26.0 Å². The van der Waals surface area contributed by atoms with Crippen molar-refractivity contribution >= 4 is 11.6 Å². The molecule has 3 nitrogen and oxygen atoms in total. The molecule has 0 aliphatic rings. The number of hydrogen-bond donors (Lipinski definition) is 1. The zero-order valence-corrected chi connectivity index (χ0v) is 9.87. The third-order valence-corrected chi connectivity index (χ3v) is 1.83. The van der Waals surface area contributed by atoms with E-state index in [-0.39, 0.29) is 5.91 Å². The zero-order valence-electron chi connectivity index (χ0n) is 9.87. The van der Waals surface area contributed by atoms with Crippen LogP contribution in [0.4, 0.5) is 5.69 Å². The molecule has 0 radical (unpaired) electrons. The van der Waals surface area contributed by atoms with E-state index in [9.17, 15) is 4.79 Å². The normalized spacial score (nSPS) is 9.50. The molecule has 0 atom stereocenters. The van der Waals surface area contributed by atoms with E-state index < -0.39 is 0 Å². The molecule has 0 heterocycles. The van der Waals surface area contributed by atoms with E-state index in [0.29, 0.717) is 0 Å². The first-order valence-corrected chi connectivity index (χ1v) is 5.09. The molecule has 0 saturated carbocycles. The number of nitrogens with zero attached hydrogens (tertiary/aromatic N) is 1. The number of hydrogen-bond acceptors (Lipinski definition) is 2. The van der Waals surface area contributed by atoms with Gasteiger partial charge in [-0.15, -0.1) is 0 Å². The van der Waals surface area contributed by atoms with Gasteiger partial charge in [0, 0.05) is 18.2 Å². The Kier molecular flexibility index (Phi) is 4.56. The maximum atomic E-state index is 10.8. The lowest BCUT2D eigenvalue weighted by atomic mass is 10.2. The first-order valence-electron chi connectivity index (χ1n) is 5.09. The highest BCUT2D eigenvalue weighted by Gasteiger charge is 1.94. The number of nitrogens with one attached hydrogen (secondary N) is 1. The third kappa shape index (κ3) is 4.63. The minimum absolute atomic E-state index is 0.0635. The van der Waals surface area contributed by atoms with Crippen molar-refractivity contribution < 1.29 is 4.79 Å². The molecule has 3 heteroatoms. The number of carbonyl (C=O) groups excluding carboxylic acids is 1. The Morgan fingerprint density at radius 3 is 2.44 bits per heavy atom. The number of anilines is 1. The summed E-state index contributed by atoms with van der Waals surface area (Å²) in [6, 6.07) is 7.49. The van der Waals surface area contributed by atoms with Crippen LogP contribution in [0.1, 0.15) is 12.5 Å². The van der Waals surface area contributed by atoms with Gasteiger partial charge in [0.15, 0.2) is 0 Å². The summed E-state index contributed by atoms with van der Waals surface area (Å²) in [5, 5.41) is 2.71. The smallest absolute Gasteiger partial charge is 0.221 e. The van der Waals surface area contributed by atoms with E-state index in [0.717, 1.165) is 17.8 Å². The van der Waals surface area contributed by atoms with Gasteiger partial charge in [0.2, 0.25) is 5.91 Å². The molecular weight excluding hydrogens is 200 g/mol. The molecule has 0 spiro atoms. The second kappa shape index (κ2) is 5.94. The van der Waals surface area contributed by atoms with E-state index >= 15 is 0 Å². The molecule has 0 aromatic heterocycles. The van der Waals surface area contributed by atoms with E-state index in [4.69, 9.17) is 0 Å². The van der Waals surface area contributed by atoms with Crippen LogP contribution in [0.3, 0.4) is 0 Å². The van der Waals surface area contributed by atoms with E-state index in [1.165, 1.54) is 6.92 Å². The van der Waals surface area contributed by atoms with Crippen LogP contribution in [0.15, 0.2) is 24.3 Å². The lowest BCUT2D eigenvalue weighted by molar-refractivity contribution is -0.114. The zero-order chi connectivity index (χ0) is 12.0. The summed E-state index contributed by atoms with van der Waals surface area (Å²) in [7, 11) is 3.96. The van der Waals surface area contributed by atoms with E-state index in [1.54, 1.807) is 0 Å². The van der Waals surface area contributed by atoms with Gasteiger partial charge < -0.3 is 5.32 Å². The van der Waals surface area contributed by atoms with Crippen molar-refractivity contribution in [3.05, 3.63) is 29.8 Å². The van der Waals surface area contributed by atoms with Crippen molar-refractivity contribution in [3.8, 4) is 11.8 Å². The SMILES string of the molecule is CC(=O)Nc1ccc(C#CCN(C)C)cc1. The fourth-order valence-electron chi connectivity index (χ4n) is 1.14. The summed E-state index contributed by atoms with van der Waals surface area (Å²) in [6.07, 6.45) is 0. The van der Waals surface area contributed by atoms with Gasteiger partial charge in [-0.25, -0.2) is 0 Å². The fraction of sp³-hybridized carbons (Fsp3) is 0.308. The number of rotatable bonds is 2. The lowest BCUT2D eigenvalue weighted by Gasteiger charge is -2.02. The van der Waals surface area contributed by atoms with Gasteiger partial charge in [-0.1, -0.05) is 11.8 Å². The van der Waals surface area contributed by atoms with Crippen LogP contribution in [0.5, 0.6) is 0 Å². The second-order valence-electron chi connectivity index (χ2n) is 3.80. The molecule has 1 rings (SSSR count). The molecular formula is C13H16N2O. The third-order valence-electron chi connectivity index (χ3n) is 1.83. The lowest BCUT2D eigenvalue weighted by Crippen LogP contribution is -2.10. The number of amides is 1. The van der Waals surface area contributed by atoms with Crippen LogP contribution < -0.4 is 5.32 Å². The topological polar surface area (TPSA) is 32.3 Å². The van der Waals surface area contributed by atoms with Gasteiger partial charge in [0.05, 0.1) is 6.54 Å². The van der Waals surface area contributed by atoms with Crippen LogP contribution in [0.25, 0.3) is 0 Å². The fourth-order valence-corrected chi connectivity index (χ4v) is 1.14. The molecule has 84 valence electrons. The maximum Gasteiger partial charge on any atom is 0.221 e. The van der Waals surface area contributed by atoms with Crippen LogP contribution in [-0.2, 0) is 4.79 Å². The summed E-state index contributed by atoms with van der Waals surface area (Å²) in [5.74, 6) is 6.04. The van der Waals surface area contributed by atoms with E-state index in [2.05, 4.69) is 17.2 Å². The molecule has 0 unspecified atom stereocenters. The summed E-state index contributed by atoms with van der Waals surface area (Å²) in [4.78, 5) is 12.8. The van der Waals surface area contributed by atoms with Crippen LogP contribution in [0, 0.1) is 11.8 Å². The van der Waals surface area contributed by atoms with Gasteiger partial charge in [-0.05, 0) is 38.4 Å². The summed E-state index contributed by atoms with van der Waals surface area (Å²) >= 11 is 0. The highest BCUT2D eigenvalue weighted by Crippen LogP contribution is 2.08. The van der Waals surface area contributed by atoms with Crippen molar-refractivity contribution in [2.45, 2.75) is 6.92 Å². The summed E-state index contributed by atoms with van der Waals surface area (Å²) in [6.45, 7) is 2.23. The first-order chi connectivity index (χ1) is 7.58. The Morgan fingerprint density at radius 1 is 1.31 bits per heavy atom. The van der Waals surface area contributed by atoms with Crippen LogP contribution in [-0.4, -0.2) is 31.4 Å². The molecule has 16 heavy (non-hydrogen) atoms. The molecule has 1 aromatic rings. The van der Waals surface area contributed by atoms with Crippen molar-refractivity contribution in [1.29, 1.82) is 0 Å². The largest absolute Gasteiger partial charge is 0.326 e. The minimum Gasteiger partial charge on any atom is -0.326 e. The summed E-state index contributed by atoms with van der Waals surface area (Å²) in [5.41, 5.74) is 1.75. The molecule has 1 N–H and O–H groups in total. The predicted molar refractivity (Wildman–Crippen MR) is 66.2 cm³/mol. The van der Waals surface area contributed by atoms with Gasteiger partial charge in [-0.2, -0.15) is 0 Å². The Bertz CT molecular complexity index is 410. The Morgan fingerprint density at radius 2 is 1.94 bits per heavy atom. The summed E-state index contributed by atoms with van der Waals surface area (Å²) < 4.78 is 0. The molecule has 0 saturated heterocycles. The van der Waals surface area contributed by atoms with Crippen LogP contribution >= 0.6 is 0 Å². The van der Waals surface area contributed by atoms with Crippen molar-refractivity contribution in [3.63, 3.8) is 0 Å². The predicted octanol–water partition coefficient (Wildman–Crippen LogP) is 1.56. The highest BCUT2D eigenvalue weighted by atomic mass is 16.1. The molecule has 1 amide bonds. The molecule has 0 fully saturated rings. The van der Waals surface area contributed by atoms with Gasteiger partial charge in [-0.3, -0.25) is 9.69 Å². The van der Waals surface area contributed by atoms with Gasteiger partial charge in [0.25, 0.3) is 0 Å². The Labute approximate surface area is 96.5 Å². The average Bonchev–Trinajstić information content (AvgIpc) is 2.19. The number of carbonyl (C=O) groups is 1. The quantitative estimate of drug-likeness (QED) is 0.761. The number of benzene rings is 1. The average molecular weight is 216 g/mol. The second-order valence-corrected chi connectivity index (χ2v) is 3.80. The highest BCUT2D eigenvalue weighted by molar-refractivity contribution is 5.88. The van der Waals surface area contributed by atoms with Gasteiger partial charge in [0.1, 0.15) is 0 Å². The van der Waals surface area contributed by atoms with Crippen molar-refractivity contribution in [2.24, 2.45) is 0 Å². The molecule has 0 bridgehead atoms. The van der Waals surface area contributed by atoms with Gasteiger partial charge >= 0.3 is 0 Å². The molecule has 0 aliphatic carbocycles. The Hall–Kier alpha value is -1.79. The molecule has 1 aromatic carbocycles. The van der Waals surface area contributed by atoms with Crippen LogP contribution in [0.2, 0.25) is 0 Å². The van der Waals surface area contributed by atoms with Crippen molar-refractivity contribution in [1.82, 2.24) is 4.90 Å². The first kappa shape index (κ1) is 12.3. The maximum absolute atomic E-state index is 10.8. The van der Waals surface area contributed by atoms with E-state index in [1.807, 2.05) is 43.3 Å². The molecule has 0 aliphatic heterocycles. The minimum atomic E-state index is -0.0635. The Balaban J connectivity index is 2.63.